The molecule has 0 spiro atoms. The van der Waals surface area contributed by atoms with Gasteiger partial charge in [0.15, 0.2) is 5.83 Å². The fourth-order valence-corrected chi connectivity index (χ4v) is 3.45. The van der Waals surface area contributed by atoms with Gasteiger partial charge in [-0.05, 0) is 18.8 Å². The van der Waals surface area contributed by atoms with Crippen molar-refractivity contribution in [3.63, 3.8) is 0 Å². The van der Waals surface area contributed by atoms with Gasteiger partial charge in [0.1, 0.15) is 12.4 Å². The van der Waals surface area contributed by atoms with Gasteiger partial charge in [-0.25, -0.2) is 4.39 Å². The number of hydrogen-bond donors (Lipinski definition) is 0. The number of thiazole rings is 1. The lowest BCUT2D eigenvalue weighted by Crippen LogP contribution is -2.06. The zero-order valence-corrected chi connectivity index (χ0v) is 12.6. The van der Waals surface area contributed by atoms with Crippen molar-refractivity contribution in [2.45, 2.75) is 23.6 Å². The average molecular weight is 338 g/mol. The van der Waals surface area contributed by atoms with Crippen LogP contribution in [0.4, 0.5) is 13.2 Å². The molecule has 0 saturated heterocycles. The van der Waals surface area contributed by atoms with Crippen molar-refractivity contribution < 1.29 is 22.6 Å². The quantitative estimate of drug-likeness (QED) is 0.414. The molecule has 1 unspecified atom stereocenters. The van der Waals surface area contributed by atoms with Crippen molar-refractivity contribution in [1.82, 2.24) is 4.98 Å². The normalized spacial score (nSPS) is 16.2. The maximum atomic E-state index is 12.6. The van der Waals surface area contributed by atoms with E-state index in [0.29, 0.717) is 17.4 Å². The van der Waals surface area contributed by atoms with Crippen LogP contribution in [0.3, 0.4) is 0 Å². The molecule has 1 aromatic rings. The molecule has 0 radical (unpaired) electrons. The summed E-state index contributed by atoms with van der Waals surface area (Å²) in [5, 5.41) is 3.77. The predicted octanol–water partition coefficient (Wildman–Crippen LogP) is 3.48. The van der Waals surface area contributed by atoms with E-state index >= 15 is 0 Å². The Hall–Kier alpha value is -1.06. The monoisotopic (exact) mass is 338 g/mol. The van der Waals surface area contributed by atoms with Crippen LogP contribution in [0.25, 0.3) is 0 Å². The Balaban J connectivity index is 1.79. The lowest BCUT2D eigenvalue weighted by Gasteiger charge is -2.04. The van der Waals surface area contributed by atoms with Crippen molar-refractivity contribution in [1.29, 1.82) is 0 Å². The van der Waals surface area contributed by atoms with E-state index in [1.807, 2.05) is 0 Å². The summed E-state index contributed by atoms with van der Waals surface area (Å²) in [5.74, 6) is -1.16. The highest BCUT2D eigenvalue weighted by Crippen LogP contribution is 2.28. The summed E-state index contributed by atoms with van der Waals surface area (Å²) in [6.45, 7) is 0.592. The molecule has 1 aliphatic carbocycles. The fourth-order valence-electron chi connectivity index (χ4n) is 1.32. The number of nitrogens with zero attached hydrogens (tertiary/aromatic N) is 2. The first-order chi connectivity index (χ1) is 10.1. The number of rotatable bonds is 8. The Bertz CT molecular complexity index is 528. The molecule has 1 saturated carbocycles. The highest BCUT2D eigenvalue weighted by atomic mass is 32.2. The van der Waals surface area contributed by atoms with Crippen LogP contribution in [0.15, 0.2) is 27.6 Å². The Morgan fingerprint density at radius 1 is 1.52 bits per heavy atom. The fraction of sp³-hybridized carbons (Fsp3) is 0.500. The summed E-state index contributed by atoms with van der Waals surface area (Å²) < 4.78 is 48.4. The zero-order valence-electron chi connectivity index (χ0n) is 10.9. The largest absolute Gasteiger partial charge is 0.610 e. The van der Waals surface area contributed by atoms with Gasteiger partial charge in [0.25, 0.3) is 0 Å². The SMILES string of the molecule is [O-][S+](CCC(F)=C(F)F)c1ncc(/C=N/OCC2CC2)s1. The Kier molecular flexibility index (Phi) is 6.07. The maximum absolute atomic E-state index is 12.6. The molecule has 1 fully saturated rings. The van der Waals surface area contributed by atoms with Gasteiger partial charge in [-0.2, -0.15) is 13.8 Å². The molecule has 116 valence electrons. The molecule has 2 rings (SSSR count). The minimum absolute atomic E-state index is 0.231. The number of hydrogen-bond acceptors (Lipinski definition) is 5. The third-order valence-corrected chi connectivity index (χ3v) is 5.27. The Labute approximate surface area is 126 Å². The van der Waals surface area contributed by atoms with Gasteiger partial charge in [-0.1, -0.05) is 16.5 Å². The number of allylic oxidation sites excluding steroid dienone is 1. The van der Waals surface area contributed by atoms with Crippen molar-refractivity contribution in [3.8, 4) is 0 Å². The topological polar surface area (TPSA) is 57.5 Å². The first-order valence-corrected chi connectivity index (χ1v) is 8.39. The summed E-state index contributed by atoms with van der Waals surface area (Å²) in [6.07, 6.45) is 2.33. The molecule has 0 aliphatic heterocycles. The van der Waals surface area contributed by atoms with Gasteiger partial charge >= 0.3 is 10.4 Å². The minimum Gasteiger partial charge on any atom is -0.610 e. The molecule has 1 aromatic heterocycles. The second-order valence-corrected chi connectivity index (χ2v) is 7.27. The summed E-state index contributed by atoms with van der Waals surface area (Å²) in [4.78, 5) is 9.62. The third-order valence-electron chi connectivity index (χ3n) is 2.67. The van der Waals surface area contributed by atoms with Crippen molar-refractivity contribution in [2.24, 2.45) is 11.1 Å². The van der Waals surface area contributed by atoms with Crippen LogP contribution in [0.2, 0.25) is 0 Å². The van der Waals surface area contributed by atoms with Crippen molar-refractivity contribution in [2.75, 3.05) is 12.4 Å². The summed E-state index contributed by atoms with van der Waals surface area (Å²) >= 11 is -0.498. The van der Waals surface area contributed by atoms with Crippen LogP contribution < -0.4 is 0 Å². The predicted molar refractivity (Wildman–Crippen MR) is 74.6 cm³/mol. The Morgan fingerprint density at radius 3 is 2.95 bits per heavy atom. The molecule has 0 amide bonds. The standard InChI is InChI=1S/C12H13F3N2O2S2/c13-10(11(14)15)3-4-21(18)12-16-5-9(20-12)6-17-19-7-8-1-2-8/h5-6,8H,1-4,7H2/b17-6+. The molecule has 1 heterocycles. The highest BCUT2D eigenvalue weighted by molar-refractivity contribution is 7.93. The molecule has 21 heavy (non-hydrogen) atoms. The maximum Gasteiger partial charge on any atom is 0.302 e. The van der Waals surface area contributed by atoms with E-state index in [2.05, 4.69) is 10.1 Å². The van der Waals surface area contributed by atoms with E-state index in [9.17, 15) is 17.7 Å². The minimum atomic E-state index is -2.37. The number of halogens is 3. The lowest BCUT2D eigenvalue weighted by atomic mass is 10.4. The van der Waals surface area contributed by atoms with E-state index in [4.69, 9.17) is 4.84 Å². The van der Waals surface area contributed by atoms with Gasteiger partial charge in [-0.3, -0.25) is 0 Å². The molecular formula is C12H13F3N2O2S2. The first kappa shape index (κ1) is 16.3. The van der Waals surface area contributed by atoms with E-state index in [0.717, 1.165) is 11.3 Å². The van der Waals surface area contributed by atoms with E-state index in [1.54, 1.807) is 0 Å². The highest BCUT2D eigenvalue weighted by Gasteiger charge is 2.22. The Morgan fingerprint density at radius 2 is 2.29 bits per heavy atom. The number of aromatic nitrogens is 1. The molecule has 0 aromatic carbocycles. The van der Waals surface area contributed by atoms with Gasteiger partial charge < -0.3 is 9.39 Å². The molecule has 1 atom stereocenters. The van der Waals surface area contributed by atoms with Gasteiger partial charge in [0, 0.05) is 11.2 Å². The second kappa shape index (κ2) is 7.81. The van der Waals surface area contributed by atoms with Crippen LogP contribution in [0.1, 0.15) is 24.1 Å². The molecule has 0 bridgehead atoms. The zero-order chi connectivity index (χ0) is 15.2. The lowest BCUT2D eigenvalue weighted by molar-refractivity contribution is 0.135. The van der Waals surface area contributed by atoms with E-state index in [1.165, 1.54) is 25.3 Å². The number of oxime groups is 1. The molecule has 4 nitrogen and oxygen atoms in total. The van der Waals surface area contributed by atoms with Crippen LogP contribution in [0, 0.1) is 5.92 Å². The van der Waals surface area contributed by atoms with Crippen molar-refractivity contribution in [3.05, 3.63) is 23.0 Å². The summed E-state index contributed by atoms with van der Waals surface area (Å²) in [7, 11) is 0. The smallest absolute Gasteiger partial charge is 0.302 e. The van der Waals surface area contributed by atoms with E-state index in [-0.39, 0.29) is 10.1 Å². The van der Waals surface area contributed by atoms with Crippen molar-refractivity contribution >= 4 is 28.7 Å². The molecule has 0 N–H and O–H groups in total. The van der Waals surface area contributed by atoms with Gasteiger partial charge in [0.2, 0.25) is 0 Å². The third kappa shape index (κ3) is 5.68. The first-order valence-electron chi connectivity index (χ1n) is 6.25. The van der Waals surface area contributed by atoms with Gasteiger partial charge in [-0.15, -0.1) is 0 Å². The van der Waals surface area contributed by atoms with E-state index < -0.39 is 29.5 Å². The summed E-state index contributed by atoms with van der Waals surface area (Å²) in [6, 6.07) is 0. The molecular weight excluding hydrogens is 325 g/mol. The van der Waals surface area contributed by atoms with Crippen LogP contribution in [-0.4, -0.2) is 28.1 Å². The van der Waals surface area contributed by atoms with Crippen LogP contribution in [-0.2, 0) is 16.0 Å². The van der Waals surface area contributed by atoms with Crippen LogP contribution in [0.5, 0.6) is 0 Å². The molecule has 9 heteroatoms. The van der Waals surface area contributed by atoms with Gasteiger partial charge in [0.05, 0.1) is 23.7 Å². The van der Waals surface area contributed by atoms with Crippen LogP contribution >= 0.6 is 11.3 Å². The second-order valence-electron chi connectivity index (χ2n) is 4.47. The molecule has 1 aliphatic rings. The summed E-state index contributed by atoms with van der Waals surface area (Å²) in [5.41, 5.74) is 0. The average Bonchev–Trinajstić information content (AvgIpc) is 3.16.